The number of carbonyl (C=O) groups excluding carboxylic acids is 2. The number of ether oxygens (including phenoxy) is 1. The summed E-state index contributed by atoms with van der Waals surface area (Å²) in [4.78, 5) is 25.1. The van der Waals surface area contributed by atoms with Crippen LogP contribution in [0.4, 0.5) is 0 Å². The van der Waals surface area contributed by atoms with Gasteiger partial charge in [0.05, 0.1) is 18.7 Å². The largest absolute Gasteiger partial charge is 0.493 e. The number of hydrogen-bond donors (Lipinski definition) is 2. The van der Waals surface area contributed by atoms with Crippen LogP contribution >= 0.6 is 0 Å². The summed E-state index contributed by atoms with van der Waals surface area (Å²) in [5.74, 6) is 0.0575. The van der Waals surface area contributed by atoms with Gasteiger partial charge in [-0.25, -0.2) is 0 Å². The minimum absolute atomic E-state index is 0.00541. The van der Waals surface area contributed by atoms with E-state index in [0.717, 1.165) is 12.0 Å². The van der Waals surface area contributed by atoms with Crippen molar-refractivity contribution in [1.29, 1.82) is 0 Å². The highest BCUT2D eigenvalue weighted by atomic mass is 16.5. The Morgan fingerprint density at radius 1 is 1.38 bits per heavy atom. The average Bonchev–Trinajstić information content (AvgIpc) is 2.46. The van der Waals surface area contributed by atoms with Crippen LogP contribution in [0.1, 0.15) is 22.3 Å². The average molecular weight is 293 g/mol. The van der Waals surface area contributed by atoms with E-state index in [1.165, 1.54) is 11.9 Å². The van der Waals surface area contributed by atoms with Crippen LogP contribution in [-0.4, -0.2) is 50.5 Å². The summed E-state index contributed by atoms with van der Waals surface area (Å²) in [7, 11) is 3.12. The van der Waals surface area contributed by atoms with Crippen molar-refractivity contribution in [2.75, 3.05) is 33.8 Å². The van der Waals surface area contributed by atoms with Gasteiger partial charge in [-0.2, -0.15) is 0 Å². The first-order chi connectivity index (χ1) is 9.99. The first kappa shape index (κ1) is 17.0. The Bertz CT molecular complexity index is 503. The van der Waals surface area contributed by atoms with Crippen molar-refractivity contribution in [2.45, 2.75) is 13.3 Å². The molecule has 0 atom stereocenters. The maximum Gasteiger partial charge on any atom is 0.257 e. The second-order valence-corrected chi connectivity index (χ2v) is 4.82. The molecule has 0 spiro atoms. The standard InChI is InChI=1S/C15H23N3O3/c1-11-5-6-12(13(9-11)21-8-4-7-16)15(20)18(3)10-14(19)17-2/h5-6,9H,4,7-8,10,16H2,1-3H3,(H,17,19). The topological polar surface area (TPSA) is 84.7 Å². The molecule has 0 aromatic heterocycles. The predicted molar refractivity (Wildman–Crippen MR) is 81.4 cm³/mol. The smallest absolute Gasteiger partial charge is 0.257 e. The Balaban J connectivity index is 2.89. The van der Waals surface area contributed by atoms with Crippen LogP contribution in [0.15, 0.2) is 18.2 Å². The molecule has 21 heavy (non-hydrogen) atoms. The van der Waals surface area contributed by atoms with Crippen molar-refractivity contribution in [3.63, 3.8) is 0 Å². The van der Waals surface area contributed by atoms with E-state index in [-0.39, 0.29) is 18.4 Å². The summed E-state index contributed by atoms with van der Waals surface area (Å²) in [6.07, 6.45) is 0.718. The summed E-state index contributed by atoms with van der Waals surface area (Å²) in [5.41, 5.74) is 6.89. The third-order valence-corrected chi connectivity index (χ3v) is 2.98. The number of rotatable bonds is 7. The quantitative estimate of drug-likeness (QED) is 0.719. The highest BCUT2D eigenvalue weighted by Gasteiger charge is 2.18. The molecule has 6 heteroatoms. The van der Waals surface area contributed by atoms with Crippen LogP contribution in [0.2, 0.25) is 0 Å². The van der Waals surface area contributed by atoms with Gasteiger partial charge in [0.1, 0.15) is 5.75 Å². The first-order valence-electron chi connectivity index (χ1n) is 6.89. The van der Waals surface area contributed by atoms with Crippen molar-refractivity contribution in [3.8, 4) is 5.75 Å². The van der Waals surface area contributed by atoms with Crippen LogP contribution < -0.4 is 15.8 Å². The maximum atomic E-state index is 12.4. The van der Waals surface area contributed by atoms with Gasteiger partial charge in [0.2, 0.25) is 5.91 Å². The number of nitrogens with zero attached hydrogens (tertiary/aromatic N) is 1. The lowest BCUT2D eigenvalue weighted by atomic mass is 10.1. The Morgan fingerprint density at radius 3 is 2.71 bits per heavy atom. The predicted octanol–water partition coefficient (Wildman–Crippen LogP) is 0.541. The van der Waals surface area contributed by atoms with E-state index in [4.69, 9.17) is 10.5 Å². The van der Waals surface area contributed by atoms with Gasteiger partial charge in [0, 0.05) is 14.1 Å². The number of amides is 2. The number of benzene rings is 1. The molecule has 116 valence electrons. The lowest BCUT2D eigenvalue weighted by Crippen LogP contribution is -2.37. The minimum Gasteiger partial charge on any atom is -0.493 e. The summed E-state index contributed by atoms with van der Waals surface area (Å²) in [5, 5.41) is 2.49. The number of hydrogen-bond acceptors (Lipinski definition) is 4. The van der Waals surface area contributed by atoms with E-state index in [1.807, 2.05) is 19.1 Å². The molecule has 1 aromatic rings. The molecular formula is C15H23N3O3. The van der Waals surface area contributed by atoms with Gasteiger partial charge in [-0.05, 0) is 37.6 Å². The third-order valence-electron chi connectivity index (χ3n) is 2.98. The molecule has 1 aromatic carbocycles. The molecule has 3 N–H and O–H groups in total. The molecule has 0 aliphatic rings. The molecule has 6 nitrogen and oxygen atoms in total. The second-order valence-electron chi connectivity index (χ2n) is 4.82. The molecule has 2 amide bonds. The molecule has 0 saturated heterocycles. The molecule has 0 radical (unpaired) electrons. The van der Waals surface area contributed by atoms with E-state index in [0.29, 0.717) is 24.5 Å². The summed E-state index contributed by atoms with van der Waals surface area (Å²) >= 11 is 0. The van der Waals surface area contributed by atoms with E-state index < -0.39 is 0 Å². The van der Waals surface area contributed by atoms with Gasteiger partial charge in [-0.15, -0.1) is 0 Å². The summed E-state index contributed by atoms with van der Waals surface area (Å²) < 4.78 is 5.63. The van der Waals surface area contributed by atoms with Gasteiger partial charge in [-0.1, -0.05) is 6.07 Å². The van der Waals surface area contributed by atoms with Crippen molar-refractivity contribution >= 4 is 11.8 Å². The molecule has 0 aliphatic heterocycles. The number of likely N-dealkylation sites (N-methyl/N-ethyl adjacent to an activating group) is 2. The fraction of sp³-hybridized carbons (Fsp3) is 0.467. The minimum atomic E-state index is -0.249. The molecule has 0 unspecified atom stereocenters. The Hall–Kier alpha value is -2.08. The van der Waals surface area contributed by atoms with Crippen molar-refractivity contribution in [1.82, 2.24) is 10.2 Å². The van der Waals surface area contributed by atoms with Gasteiger partial charge >= 0.3 is 0 Å². The molecular weight excluding hydrogens is 270 g/mol. The summed E-state index contributed by atoms with van der Waals surface area (Å²) in [6.45, 7) is 2.93. The monoisotopic (exact) mass is 293 g/mol. The van der Waals surface area contributed by atoms with E-state index in [1.54, 1.807) is 13.1 Å². The van der Waals surface area contributed by atoms with Crippen LogP contribution in [0.3, 0.4) is 0 Å². The normalized spacial score (nSPS) is 10.1. The van der Waals surface area contributed by atoms with Crippen molar-refractivity contribution < 1.29 is 14.3 Å². The van der Waals surface area contributed by atoms with Gasteiger partial charge in [0.25, 0.3) is 5.91 Å². The Labute approximate surface area is 125 Å². The molecule has 0 fully saturated rings. The highest BCUT2D eigenvalue weighted by molar-refractivity contribution is 5.98. The fourth-order valence-electron chi connectivity index (χ4n) is 1.76. The number of aryl methyl sites for hydroxylation is 1. The van der Waals surface area contributed by atoms with Crippen LogP contribution in [0, 0.1) is 6.92 Å². The van der Waals surface area contributed by atoms with Crippen LogP contribution in [-0.2, 0) is 4.79 Å². The van der Waals surface area contributed by atoms with Gasteiger partial charge in [-0.3, -0.25) is 9.59 Å². The Morgan fingerprint density at radius 2 is 2.10 bits per heavy atom. The SMILES string of the molecule is CNC(=O)CN(C)C(=O)c1ccc(C)cc1OCCCN. The van der Waals surface area contributed by atoms with E-state index >= 15 is 0 Å². The Kier molecular flexibility index (Phi) is 6.68. The van der Waals surface area contributed by atoms with E-state index in [9.17, 15) is 9.59 Å². The fourth-order valence-corrected chi connectivity index (χ4v) is 1.76. The maximum absolute atomic E-state index is 12.4. The van der Waals surface area contributed by atoms with E-state index in [2.05, 4.69) is 5.32 Å². The molecule has 1 rings (SSSR count). The van der Waals surface area contributed by atoms with Gasteiger partial charge < -0.3 is 20.7 Å². The van der Waals surface area contributed by atoms with Gasteiger partial charge in [0.15, 0.2) is 0 Å². The zero-order chi connectivity index (χ0) is 15.8. The molecule has 0 bridgehead atoms. The number of nitrogens with one attached hydrogen (secondary N) is 1. The zero-order valence-electron chi connectivity index (χ0n) is 12.8. The van der Waals surface area contributed by atoms with Crippen LogP contribution in [0.25, 0.3) is 0 Å². The third kappa shape index (κ3) is 5.07. The molecule has 0 aliphatic carbocycles. The molecule has 0 heterocycles. The van der Waals surface area contributed by atoms with Crippen molar-refractivity contribution in [2.24, 2.45) is 5.73 Å². The number of nitrogens with two attached hydrogens (primary N) is 1. The lowest BCUT2D eigenvalue weighted by Gasteiger charge is -2.18. The first-order valence-corrected chi connectivity index (χ1v) is 6.89. The van der Waals surface area contributed by atoms with Crippen molar-refractivity contribution in [3.05, 3.63) is 29.3 Å². The van der Waals surface area contributed by atoms with Crippen LogP contribution in [0.5, 0.6) is 5.75 Å². The second kappa shape index (κ2) is 8.26. The summed E-state index contributed by atoms with van der Waals surface area (Å²) in [6, 6.07) is 5.38. The number of carbonyl (C=O) groups is 2. The molecule has 0 saturated carbocycles. The zero-order valence-corrected chi connectivity index (χ0v) is 12.8. The highest BCUT2D eigenvalue weighted by Crippen LogP contribution is 2.22. The lowest BCUT2D eigenvalue weighted by molar-refractivity contribution is -0.121.